The van der Waals surface area contributed by atoms with Gasteiger partial charge in [-0.15, -0.1) is 0 Å². The van der Waals surface area contributed by atoms with E-state index in [0.29, 0.717) is 38.9 Å². The topological polar surface area (TPSA) is 88.5 Å². The molecule has 0 fully saturated rings. The van der Waals surface area contributed by atoms with Crippen molar-refractivity contribution in [3.8, 4) is 23.0 Å². The Kier molecular flexibility index (Phi) is 16.0. The first-order valence-electron chi connectivity index (χ1n) is 29.7. The number of hydrogen-bond donors (Lipinski definition) is 0. The first-order valence-corrected chi connectivity index (χ1v) is 29.7. The van der Waals surface area contributed by atoms with Crippen LogP contribution in [0.25, 0.3) is 21.8 Å². The average molecular weight is 1110 g/mol. The molecule has 8 nitrogen and oxygen atoms in total. The van der Waals surface area contributed by atoms with E-state index in [1.54, 1.807) is 0 Å². The molecule has 8 heteroatoms. The van der Waals surface area contributed by atoms with E-state index in [1.807, 2.05) is 60.9 Å². The Morgan fingerprint density at radius 2 is 0.560 bits per heavy atom. The van der Waals surface area contributed by atoms with Gasteiger partial charge in [-0.1, -0.05) is 192 Å². The first-order chi connectivity index (χ1) is 40.1. The molecule has 0 saturated heterocycles. The Labute approximate surface area is 497 Å². The summed E-state index contributed by atoms with van der Waals surface area (Å²) in [6.07, 6.45) is 5.75. The molecule has 0 radical (unpaired) electrons. The molecule has 1 aliphatic rings. The van der Waals surface area contributed by atoms with Gasteiger partial charge in [0.25, 0.3) is 0 Å². The van der Waals surface area contributed by atoms with Gasteiger partial charge in [0.2, 0.25) is 0 Å². The summed E-state index contributed by atoms with van der Waals surface area (Å²) in [5, 5.41) is 2.18. The third-order valence-electron chi connectivity index (χ3n) is 16.2. The molecule has 0 amide bonds. The van der Waals surface area contributed by atoms with Crippen LogP contribution < -0.4 is 18.9 Å². The van der Waals surface area contributed by atoms with Crippen molar-refractivity contribution in [1.82, 2.24) is 19.9 Å². The third-order valence-corrected chi connectivity index (χ3v) is 16.2. The van der Waals surface area contributed by atoms with Crippen molar-refractivity contribution in [1.29, 1.82) is 0 Å². The van der Waals surface area contributed by atoms with Gasteiger partial charge in [-0.3, -0.25) is 9.97 Å². The quantitative estimate of drug-likeness (QED) is 0.120. The average Bonchev–Trinajstić information content (AvgIpc) is 1.37. The van der Waals surface area contributed by atoms with Crippen LogP contribution in [0.2, 0.25) is 0 Å². The van der Waals surface area contributed by atoms with Crippen LogP contribution in [0.1, 0.15) is 173 Å². The minimum absolute atomic E-state index is 0.216. The van der Waals surface area contributed by atoms with Crippen LogP contribution in [0.4, 0.5) is 0 Å². The summed E-state index contributed by atoms with van der Waals surface area (Å²) in [5.41, 5.74) is 17.8. The minimum Gasteiger partial charge on any atom is -0.487 e. The molecule has 0 spiro atoms. The highest BCUT2D eigenvalue weighted by Gasteiger charge is 2.30. The fourth-order valence-corrected chi connectivity index (χ4v) is 11.3. The van der Waals surface area contributed by atoms with Gasteiger partial charge in [0.15, 0.2) is 0 Å². The van der Waals surface area contributed by atoms with Crippen molar-refractivity contribution in [2.75, 3.05) is 0 Å². The smallest absolute Gasteiger partial charge is 0.130 e. The molecule has 428 valence electrons. The van der Waals surface area contributed by atoms with Gasteiger partial charge in [-0.05, 0) is 137 Å². The predicted octanol–water partition coefficient (Wildman–Crippen LogP) is 17.8. The molecule has 0 unspecified atom stereocenters. The predicted molar refractivity (Wildman–Crippen MR) is 341 cm³/mol. The van der Waals surface area contributed by atoms with Gasteiger partial charge < -0.3 is 18.9 Å². The normalized spacial score (nSPS) is 13.0. The number of para-hydroxylation sites is 2. The summed E-state index contributed by atoms with van der Waals surface area (Å²) in [5.74, 6) is 3.33. The monoisotopic (exact) mass is 1110 g/mol. The number of aromatic nitrogens is 4. The number of hydrogen-bond acceptors (Lipinski definition) is 8. The molecule has 4 heterocycles. The van der Waals surface area contributed by atoms with E-state index in [4.69, 9.17) is 38.9 Å². The molecule has 4 aromatic heterocycles. The SMILES string of the molecule is CC(C)(C)c1cc2c(OCc3ccccn3)c(c1)Cc1cc(C(C)(C)C)cc(c1OCc1ccc3ccccc3n1)Cc1cc(C(C)(C)C)cc(c1OCc1ccc3ccccc3n1)Cc1cc(C(C)(C)C)cc(c1OCc1ccccn1)C2. The maximum Gasteiger partial charge on any atom is 0.130 e. The van der Waals surface area contributed by atoms with E-state index >= 15 is 0 Å². The molecule has 0 N–H and O–H groups in total. The zero-order valence-corrected chi connectivity index (χ0v) is 51.2. The molecule has 0 aliphatic heterocycles. The van der Waals surface area contributed by atoms with E-state index in [0.717, 1.165) is 112 Å². The van der Waals surface area contributed by atoms with Gasteiger partial charge in [0.1, 0.15) is 49.4 Å². The second-order valence-corrected chi connectivity index (χ2v) is 27.0. The molecule has 11 rings (SSSR count). The molecule has 0 saturated carbocycles. The number of ether oxygens (including phenoxy) is 4. The highest BCUT2D eigenvalue weighted by molar-refractivity contribution is 5.79. The summed E-state index contributed by atoms with van der Waals surface area (Å²) < 4.78 is 29.4. The Morgan fingerprint density at radius 1 is 0.298 bits per heavy atom. The van der Waals surface area contributed by atoms with E-state index in [2.05, 4.69) is 192 Å². The molecule has 10 aromatic rings. The van der Waals surface area contributed by atoms with Crippen LogP contribution in [0.15, 0.2) is 170 Å². The second kappa shape index (κ2) is 23.4. The Hall–Kier alpha value is -8.36. The highest BCUT2D eigenvalue weighted by Crippen LogP contribution is 2.45. The number of rotatable bonds is 12. The maximum absolute atomic E-state index is 7.41. The van der Waals surface area contributed by atoms with Crippen LogP contribution >= 0.6 is 0 Å². The van der Waals surface area contributed by atoms with Crippen molar-refractivity contribution in [3.05, 3.63) is 260 Å². The zero-order valence-electron chi connectivity index (χ0n) is 51.2. The molecule has 6 aromatic carbocycles. The molecular formula is C76H80N4O4. The van der Waals surface area contributed by atoms with Gasteiger partial charge in [0.05, 0.1) is 33.8 Å². The van der Waals surface area contributed by atoms with E-state index in [-0.39, 0.29) is 34.9 Å². The number of pyridine rings is 4. The summed E-state index contributed by atoms with van der Waals surface area (Å²) in [6, 6.07) is 56.0. The molecule has 84 heavy (non-hydrogen) atoms. The van der Waals surface area contributed by atoms with E-state index in [1.165, 1.54) is 22.3 Å². The van der Waals surface area contributed by atoms with Crippen LogP contribution in [-0.2, 0) is 73.8 Å². The van der Waals surface area contributed by atoms with Gasteiger partial charge in [0, 0.05) is 48.8 Å². The standard InChI is InChI=1S/C76H80N4O4/c1-73(2,3)59-37-51-33-52-38-60(74(4,5)6)40-54(70(52)82-46-64-24-18-20-32-78-64)35-56-42-62(76(10,11)12)44-58(72(56)84-48-66-30-28-50-22-14-16-26-68(50)80-66)36-57-43-61(75(7,8)9)41-55(34-53(39-59)69(51)81-45-63-23-17-19-31-77-63)71(57)83-47-65-29-27-49-21-13-15-25-67(49)79-65/h13-32,37-44H,33-36,45-48H2,1-12H3. The maximum atomic E-state index is 7.41. The molecule has 1 aliphatic carbocycles. The second-order valence-electron chi connectivity index (χ2n) is 27.0. The van der Waals surface area contributed by atoms with Gasteiger partial charge in [-0.2, -0.15) is 0 Å². The number of benzene rings is 6. The van der Waals surface area contributed by atoms with Crippen LogP contribution in [-0.4, -0.2) is 19.9 Å². The fraction of sp³-hybridized carbons (Fsp3) is 0.316. The molecular weight excluding hydrogens is 1030 g/mol. The Morgan fingerprint density at radius 3 is 0.821 bits per heavy atom. The molecule has 8 bridgehead atoms. The number of fused-ring (bicyclic) bond motifs is 10. The lowest BCUT2D eigenvalue weighted by Crippen LogP contribution is -2.18. The van der Waals surface area contributed by atoms with Crippen LogP contribution in [0.3, 0.4) is 0 Å². The highest BCUT2D eigenvalue weighted by atomic mass is 16.5. The summed E-state index contributed by atoms with van der Waals surface area (Å²) in [4.78, 5) is 19.8. The summed E-state index contributed by atoms with van der Waals surface area (Å²) in [7, 11) is 0. The third kappa shape index (κ3) is 13.2. The molecule has 0 atom stereocenters. The van der Waals surface area contributed by atoms with Crippen molar-refractivity contribution < 1.29 is 18.9 Å². The van der Waals surface area contributed by atoms with Crippen LogP contribution in [0, 0.1) is 0 Å². The lowest BCUT2D eigenvalue weighted by molar-refractivity contribution is 0.288. The van der Waals surface area contributed by atoms with E-state index in [9.17, 15) is 0 Å². The van der Waals surface area contributed by atoms with E-state index < -0.39 is 0 Å². The van der Waals surface area contributed by atoms with Crippen molar-refractivity contribution in [3.63, 3.8) is 0 Å². The van der Waals surface area contributed by atoms with Gasteiger partial charge >= 0.3 is 0 Å². The fourth-order valence-electron chi connectivity index (χ4n) is 11.3. The Bertz CT molecular complexity index is 3750. The summed E-state index contributed by atoms with van der Waals surface area (Å²) >= 11 is 0. The number of nitrogens with zero attached hydrogens (tertiary/aromatic N) is 4. The largest absolute Gasteiger partial charge is 0.487 e. The zero-order chi connectivity index (χ0) is 59.0. The van der Waals surface area contributed by atoms with Crippen molar-refractivity contribution in [2.45, 2.75) is 157 Å². The Balaban J connectivity index is 1.20. The van der Waals surface area contributed by atoms with Crippen LogP contribution in [0.5, 0.6) is 23.0 Å². The minimum atomic E-state index is -0.224. The van der Waals surface area contributed by atoms with Gasteiger partial charge in [-0.25, -0.2) is 9.97 Å². The summed E-state index contributed by atoms with van der Waals surface area (Å²) in [6.45, 7) is 28.7. The lowest BCUT2D eigenvalue weighted by Gasteiger charge is -2.29. The van der Waals surface area contributed by atoms with Crippen molar-refractivity contribution in [2.24, 2.45) is 0 Å². The first kappa shape index (κ1) is 57.5. The lowest BCUT2D eigenvalue weighted by atomic mass is 9.79. The van der Waals surface area contributed by atoms with Crippen molar-refractivity contribution >= 4 is 21.8 Å².